The number of hydrogen-bond acceptors (Lipinski definition) is 4. The molecule has 0 spiro atoms. The number of hydrogen-bond donors (Lipinski definition) is 1. The number of alkyl halides is 3. The molecule has 0 bridgehead atoms. The summed E-state index contributed by atoms with van der Waals surface area (Å²) in [5.41, 5.74) is 0.450. The number of halogens is 3. The van der Waals surface area contributed by atoms with Crippen LogP contribution in [-0.4, -0.2) is 54.0 Å². The first-order chi connectivity index (χ1) is 13.0. The summed E-state index contributed by atoms with van der Waals surface area (Å²) >= 11 is 1.00. The van der Waals surface area contributed by atoms with Crippen LogP contribution in [0.3, 0.4) is 0 Å². The maximum atomic E-state index is 12.6. The fraction of sp³-hybridized carbons (Fsp3) is 0.444. The van der Waals surface area contributed by atoms with Crippen molar-refractivity contribution in [3.8, 4) is 0 Å². The number of rotatable bonds is 4. The first-order valence-electron chi connectivity index (χ1n) is 8.69. The van der Waals surface area contributed by atoms with Crippen LogP contribution in [0.1, 0.15) is 16.3 Å². The van der Waals surface area contributed by atoms with Gasteiger partial charge in [0.2, 0.25) is 0 Å². The zero-order valence-electron chi connectivity index (χ0n) is 15.0. The summed E-state index contributed by atoms with van der Waals surface area (Å²) in [5.74, 6) is 0.693. The number of nitrogens with zero attached hydrogens (tertiary/aromatic N) is 4. The first kappa shape index (κ1) is 19.6. The second-order valence-electron chi connectivity index (χ2n) is 6.27. The van der Waals surface area contributed by atoms with Gasteiger partial charge in [0, 0.05) is 45.2 Å². The second kappa shape index (κ2) is 8.71. The summed E-state index contributed by atoms with van der Waals surface area (Å²) in [5, 5.41) is 4.56. The van der Waals surface area contributed by atoms with E-state index in [1.54, 1.807) is 7.05 Å². The Labute approximate surface area is 160 Å². The Kier molecular flexibility index (Phi) is 6.33. The summed E-state index contributed by atoms with van der Waals surface area (Å²) in [6.45, 7) is 4.60. The lowest BCUT2D eigenvalue weighted by molar-refractivity contribution is -0.140. The van der Waals surface area contributed by atoms with Crippen molar-refractivity contribution in [3.05, 3.63) is 52.0 Å². The van der Waals surface area contributed by atoms with E-state index in [1.165, 1.54) is 5.56 Å². The van der Waals surface area contributed by atoms with Crippen LogP contribution in [0.5, 0.6) is 0 Å². The predicted molar refractivity (Wildman–Crippen MR) is 101 cm³/mol. The van der Waals surface area contributed by atoms with Crippen LogP contribution in [0.25, 0.3) is 0 Å². The zero-order valence-corrected chi connectivity index (χ0v) is 15.9. The molecule has 1 aromatic carbocycles. The Balaban J connectivity index is 1.48. The summed E-state index contributed by atoms with van der Waals surface area (Å²) < 4.78 is 37.9. The van der Waals surface area contributed by atoms with Crippen molar-refractivity contribution in [2.24, 2.45) is 4.99 Å². The molecule has 2 heterocycles. The van der Waals surface area contributed by atoms with Gasteiger partial charge in [-0.3, -0.25) is 9.89 Å². The number of aliphatic imine (C=N–C) groups is 1. The summed E-state index contributed by atoms with van der Waals surface area (Å²) in [6.07, 6.45) is -4.40. The standard InChI is InChI=1S/C18H22F3N5S/c1-22-17(23-11-16-24-15(13-27-16)18(19,20)21)26-9-7-25(8-10-26)12-14-5-3-2-4-6-14/h2-6,13H,7-12H2,1H3,(H,22,23). The molecule has 0 atom stereocenters. The van der Waals surface area contributed by atoms with Crippen LogP contribution in [0, 0.1) is 0 Å². The number of benzene rings is 1. The van der Waals surface area contributed by atoms with Crippen molar-refractivity contribution >= 4 is 17.3 Å². The Morgan fingerprint density at radius 1 is 1.19 bits per heavy atom. The Bertz CT molecular complexity index is 752. The van der Waals surface area contributed by atoms with E-state index in [0.29, 0.717) is 11.0 Å². The van der Waals surface area contributed by atoms with E-state index in [2.05, 4.69) is 37.2 Å². The quantitative estimate of drug-likeness (QED) is 0.636. The van der Waals surface area contributed by atoms with Gasteiger partial charge in [-0.2, -0.15) is 13.2 Å². The van der Waals surface area contributed by atoms with Crippen molar-refractivity contribution in [2.75, 3.05) is 33.2 Å². The van der Waals surface area contributed by atoms with Crippen LogP contribution >= 0.6 is 11.3 Å². The molecule has 1 aliphatic rings. The van der Waals surface area contributed by atoms with Gasteiger partial charge in [-0.25, -0.2) is 4.98 Å². The van der Waals surface area contributed by atoms with Gasteiger partial charge >= 0.3 is 6.18 Å². The fourth-order valence-electron chi connectivity index (χ4n) is 2.97. The molecule has 5 nitrogen and oxygen atoms in total. The van der Waals surface area contributed by atoms with Crippen molar-refractivity contribution in [3.63, 3.8) is 0 Å². The van der Waals surface area contributed by atoms with Gasteiger partial charge < -0.3 is 10.2 Å². The molecule has 1 aromatic heterocycles. The predicted octanol–water partition coefficient (Wildman–Crippen LogP) is 3.06. The van der Waals surface area contributed by atoms with Gasteiger partial charge in [0.1, 0.15) is 5.01 Å². The molecule has 146 valence electrons. The topological polar surface area (TPSA) is 43.8 Å². The number of piperazine rings is 1. The van der Waals surface area contributed by atoms with E-state index in [4.69, 9.17) is 0 Å². The van der Waals surface area contributed by atoms with E-state index < -0.39 is 11.9 Å². The van der Waals surface area contributed by atoms with E-state index in [1.807, 2.05) is 18.2 Å². The van der Waals surface area contributed by atoms with Crippen LogP contribution in [0.4, 0.5) is 13.2 Å². The van der Waals surface area contributed by atoms with Gasteiger partial charge in [-0.1, -0.05) is 30.3 Å². The Hall–Kier alpha value is -2.13. The third-order valence-electron chi connectivity index (χ3n) is 4.37. The highest BCUT2D eigenvalue weighted by Gasteiger charge is 2.33. The van der Waals surface area contributed by atoms with Crippen molar-refractivity contribution in [1.82, 2.24) is 20.1 Å². The smallest absolute Gasteiger partial charge is 0.350 e. The lowest BCUT2D eigenvalue weighted by Gasteiger charge is -2.36. The monoisotopic (exact) mass is 397 g/mol. The molecule has 0 amide bonds. The lowest BCUT2D eigenvalue weighted by atomic mass is 10.2. The lowest BCUT2D eigenvalue weighted by Crippen LogP contribution is -2.52. The van der Waals surface area contributed by atoms with Gasteiger partial charge in [0.25, 0.3) is 0 Å². The molecule has 1 aliphatic heterocycles. The number of aromatic nitrogens is 1. The van der Waals surface area contributed by atoms with E-state index in [-0.39, 0.29) is 6.54 Å². The van der Waals surface area contributed by atoms with Crippen molar-refractivity contribution in [1.29, 1.82) is 0 Å². The molecule has 9 heteroatoms. The van der Waals surface area contributed by atoms with Crippen molar-refractivity contribution in [2.45, 2.75) is 19.3 Å². The largest absolute Gasteiger partial charge is 0.434 e. The molecule has 0 radical (unpaired) electrons. The van der Waals surface area contributed by atoms with E-state index in [9.17, 15) is 13.2 Å². The molecule has 1 saturated heterocycles. The number of thiazole rings is 1. The average molecular weight is 397 g/mol. The minimum absolute atomic E-state index is 0.234. The average Bonchev–Trinajstić information content (AvgIpc) is 3.14. The molecule has 1 fully saturated rings. The number of nitrogens with one attached hydrogen (secondary N) is 1. The first-order valence-corrected chi connectivity index (χ1v) is 9.57. The molecular weight excluding hydrogens is 375 g/mol. The summed E-state index contributed by atoms with van der Waals surface area (Å²) in [6, 6.07) is 10.3. The highest BCUT2D eigenvalue weighted by atomic mass is 32.1. The molecule has 0 saturated carbocycles. The third-order valence-corrected chi connectivity index (χ3v) is 5.22. The van der Waals surface area contributed by atoms with Crippen LogP contribution in [0.15, 0.2) is 40.7 Å². The molecule has 3 rings (SSSR count). The minimum atomic E-state index is -4.40. The molecule has 2 aromatic rings. The van der Waals surface area contributed by atoms with E-state index >= 15 is 0 Å². The van der Waals surface area contributed by atoms with Gasteiger partial charge in [0.05, 0.1) is 6.54 Å². The molecular formula is C18H22F3N5S. The SMILES string of the molecule is CN=C(NCc1nc(C(F)(F)F)cs1)N1CCN(Cc2ccccc2)CC1. The summed E-state index contributed by atoms with van der Waals surface area (Å²) in [4.78, 5) is 12.4. The number of guanidine groups is 1. The molecule has 27 heavy (non-hydrogen) atoms. The summed E-state index contributed by atoms with van der Waals surface area (Å²) in [7, 11) is 1.68. The zero-order chi connectivity index (χ0) is 19.3. The minimum Gasteiger partial charge on any atom is -0.350 e. The van der Waals surface area contributed by atoms with Gasteiger partial charge in [-0.05, 0) is 5.56 Å². The molecule has 1 N–H and O–H groups in total. The van der Waals surface area contributed by atoms with Gasteiger partial charge in [-0.15, -0.1) is 11.3 Å². The van der Waals surface area contributed by atoms with E-state index in [0.717, 1.165) is 49.4 Å². The second-order valence-corrected chi connectivity index (χ2v) is 7.22. The normalized spacial score (nSPS) is 16.6. The third kappa shape index (κ3) is 5.43. The molecule has 0 unspecified atom stereocenters. The highest BCUT2D eigenvalue weighted by molar-refractivity contribution is 7.09. The van der Waals surface area contributed by atoms with Crippen LogP contribution in [-0.2, 0) is 19.3 Å². The van der Waals surface area contributed by atoms with Crippen LogP contribution in [0.2, 0.25) is 0 Å². The Morgan fingerprint density at radius 3 is 2.48 bits per heavy atom. The fourth-order valence-corrected chi connectivity index (χ4v) is 3.71. The van der Waals surface area contributed by atoms with Gasteiger partial charge in [0.15, 0.2) is 11.7 Å². The molecule has 0 aliphatic carbocycles. The maximum absolute atomic E-state index is 12.6. The van der Waals surface area contributed by atoms with Crippen molar-refractivity contribution < 1.29 is 13.2 Å². The van der Waals surface area contributed by atoms with Crippen LogP contribution < -0.4 is 5.32 Å². The Morgan fingerprint density at radius 2 is 1.89 bits per heavy atom. The maximum Gasteiger partial charge on any atom is 0.434 e. The highest BCUT2D eigenvalue weighted by Crippen LogP contribution is 2.29.